The fourth-order valence-electron chi connectivity index (χ4n) is 2.28. The molecular weight excluding hydrogens is 354 g/mol. The number of carbonyl (C=O) groups is 1. The van der Waals surface area contributed by atoms with Gasteiger partial charge in [-0.3, -0.25) is 9.89 Å². The molecule has 132 valence electrons. The molecule has 2 aromatic carbocycles. The normalized spacial score (nSPS) is 10.8. The monoisotopic (exact) mass is 369 g/mol. The van der Waals surface area contributed by atoms with Crippen molar-refractivity contribution in [3.8, 4) is 5.75 Å². The Hall–Kier alpha value is -3.32. The van der Waals surface area contributed by atoms with E-state index in [1.165, 1.54) is 0 Å². The van der Waals surface area contributed by atoms with Crippen LogP contribution in [0.3, 0.4) is 0 Å². The van der Waals surface area contributed by atoms with Crippen molar-refractivity contribution in [3.05, 3.63) is 64.7 Å². The van der Waals surface area contributed by atoms with E-state index in [4.69, 9.17) is 22.1 Å². The molecule has 0 bridgehead atoms. The van der Waals surface area contributed by atoms with Crippen LogP contribution in [0.1, 0.15) is 15.9 Å². The number of aliphatic imine (C=N–C) groups is 1. The number of ether oxygens (including phenoxy) is 1. The number of primary amides is 1. The summed E-state index contributed by atoms with van der Waals surface area (Å²) < 4.78 is 5.11. The van der Waals surface area contributed by atoms with Gasteiger partial charge in [-0.2, -0.15) is 5.10 Å². The number of nitrogens with one attached hydrogen (secondary N) is 2. The first-order valence-electron chi connectivity index (χ1n) is 7.65. The highest BCUT2D eigenvalue weighted by molar-refractivity contribution is 6.30. The van der Waals surface area contributed by atoms with Crippen molar-refractivity contribution in [2.75, 3.05) is 12.4 Å². The Labute approximate surface area is 154 Å². The summed E-state index contributed by atoms with van der Waals surface area (Å²) in [7, 11) is 1.60. The number of aromatic nitrogens is 2. The van der Waals surface area contributed by atoms with Gasteiger partial charge in [0, 0.05) is 16.9 Å². The number of methoxy groups -OCH3 is 1. The fourth-order valence-corrected chi connectivity index (χ4v) is 2.47. The molecule has 1 amide bonds. The second-order valence-electron chi connectivity index (χ2n) is 5.33. The van der Waals surface area contributed by atoms with Crippen LogP contribution in [-0.2, 0) is 0 Å². The van der Waals surface area contributed by atoms with E-state index in [2.05, 4.69) is 20.5 Å². The number of amides is 1. The Morgan fingerprint density at radius 2 is 2.08 bits per heavy atom. The highest BCUT2D eigenvalue weighted by atomic mass is 35.5. The first-order valence-corrected chi connectivity index (χ1v) is 8.03. The number of nitrogens with two attached hydrogens (primary N) is 1. The number of nitrogens with zero attached hydrogens (tertiary/aromatic N) is 2. The minimum absolute atomic E-state index is 0.162. The summed E-state index contributed by atoms with van der Waals surface area (Å²) in [6.07, 6.45) is 1.60. The lowest BCUT2D eigenvalue weighted by atomic mass is 10.2. The van der Waals surface area contributed by atoms with Crippen molar-refractivity contribution in [2.45, 2.75) is 0 Å². The molecule has 0 saturated heterocycles. The number of rotatable bonds is 6. The van der Waals surface area contributed by atoms with Gasteiger partial charge < -0.3 is 15.8 Å². The van der Waals surface area contributed by atoms with Crippen LogP contribution >= 0.6 is 11.6 Å². The van der Waals surface area contributed by atoms with Crippen LogP contribution in [0.4, 0.5) is 17.3 Å². The molecule has 0 saturated carbocycles. The van der Waals surface area contributed by atoms with Gasteiger partial charge in [0.15, 0.2) is 11.6 Å². The van der Waals surface area contributed by atoms with Gasteiger partial charge >= 0.3 is 0 Å². The smallest absolute Gasteiger partial charge is 0.256 e. The number of halogens is 1. The van der Waals surface area contributed by atoms with Crippen LogP contribution < -0.4 is 15.8 Å². The SMILES string of the molecule is COc1ccc(/C=N/c2[nH]nc(Nc3cccc(Cl)c3)c2C(N)=O)cc1. The van der Waals surface area contributed by atoms with Crippen molar-refractivity contribution >= 4 is 41.0 Å². The highest BCUT2D eigenvalue weighted by Gasteiger charge is 2.18. The summed E-state index contributed by atoms with van der Waals surface area (Å²) in [5, 5.41) is 10.4. The van der Waals surface area contributed by atoms with E-state index in [0.29, 0.717) is 10.7 Å². The lowest BCUT2D eigenvalue weighted by Gasteiger charge is -2.04. The van der Waals surface area contributed by atoms with Crippen LogP contribution in [0.25, 0.3) is 0 Å². The molecule has 0 aliphatic rings. The lowest BCUT2D eigenvalue weighted by molar-refractivity contribution is 0.100. The number of hydrogen-bond donors (Lipinski definition) is 3. The molecule has 4 N–H and O–H groups in total. The van der Waals surface area contributed by atoms with Crippen molar-refractivity contribution in [3.63, 3.8) is 0 Å². The maximum absolute atomic E-state index is 11.9. The van der Waals surface area contributed by atoms with Crippen molar-refractivity contribution < 1.29 is 9.53 Å². The van der Waals surface area contributed by atoms with E-state index >= 15 is 0 Å². The van der Waals surface area contributed by atoms with Crippen LogP contribution in [0.5, 0.6) is 5.75 Å². The molecule has 0 radical (unpaired) electrons. The first-order chi connectivity index (χ1) is 12.6. The molecule has 0 unspecified atom stereocenters. The van der Waals surface area contributed by atoms with Crippen LogP contribution in [-0.4, -0.2) is 29.4 Å². The molecule has 1 aromatic heterocycles. The number of benzene rings is 2. The predicted octanol–water partition coefficient (Wildman–Crippen LogP) is 3.66. The van der Waals surface area contributed by atoms with Crippen LogP contribution in [0, 0.1) is 0 Å². The summed E-state index contributed by atoms with van der Waals surface area (Å²) in [6.45, 7) is 0. The molecule has 0 aliphatic carbocycles. The third-order valence-corrected chi connectivity index (χ3v) is 3.77. The van der Waals surface area contributed by atoms with Gasteiger partial charge in [-0.05, 0) is 48.0 Å². The van der Waals surface area contributed by atoms with Crippen molar-refractivity contribution in [1.29, 1.82) is 0 Å². The molecule has 0 aliphatic heterocycles. The van der Waals surface area contributed by atoms with E-state index in [9.17, 15) is 4.79 Å². The van der Waals surface area contributed by atoms with Gasteiger partial charge in [-0.25, -0.2) is 4.99 Å². The van der Waals surface area contributed by atoms with Gasteiger partial charge in [0.1, 0.15) is 11.3 Å². The van der Waals surface area contributed by atoms with Crippen LogP contribution in [0.2, 0.25) is 5.02 Å². The van der Waals surface area contributed by atoms with E-state index in [0.717, 1.165) is 11.3 Å². The maximum Gasteiger partial charge on any atom is 0.256 e. The predicted molar refractivity (Wildman–Crippen MR) is 102 cm³/mol. The molecule has 8 heteroatoms. The Morgan fingerprint density at radius 3 is 2.73 bits per heavy atom. The summed E-state index contributed by atoms with van der Waals surface area (Å²) in [5.74, 6) is 0.638. The molecule has 7 nitrogen and oxygen atoms in total. The first kappa shape index (κ1) is 17.5. The fraction of sp³-hybridized carbons (Fsp3) is 0.0556. The third kappa shape index (κ3) is 4.01. The molecule has 3 rings (SSSR count). The van der Waals surface area contributed by atoms with Gasteiger partial charge in [0.25, 0.3) is 5.91 Å². The quantitative estimate of drug-likeness (QED) is 0.576. The summed E-state index contributed by atoms with van der Waals surface area (Å²) >= 11 is 5.97. The summed E-state index contributed by atoms with van der Waals surface area (Å²) in [6, 6.07) is 14.3. The van der Waals surface area contributed by atoms with Crippen molar-refractivity contribution in [1.82, 2.24) is 10.2 Å². The van der Waals surface area contributed by atoms with Crippen LogP contribution in [0.15, 0.2) is 53.5 Å². The zero-order valence-electron chi connectivity index (χ0n) is 13.9. The van der Waals surface area contributed by atoms with Gasteiger partial charge in [-0.15, -0.1) is 0 Å². The Bertz CT molecular complexity index is 950. The zero-order chi connectivity index (χ0) is 18.5. The summed E-state index contributed by atoms with van der Waals surface area (Å²) in [4.78, 5) is 16.1. The van der Waals surface area contributed by atoms with Gasteiger partial charge in [0.2, 0.25) is 0 Å². The third-order valence-electron chi connectivity index (χ3n) is 3.54. The number of anilines is 2. The van der Waals surface area contributed by atoms with E-state index in [-0.39, 0.29) is 17.2 Å². The summed E-state index contributed by atoms with van der Waals surface area (Å²) in [5.41, 5.74) is 7.17. The molecule has 0 atom stereocenters. The maximum atomic E-state index is 11.9. The molecule has 26 heavy (non-hydrogen) atoms. The standard InChI is InChI=1S/C18H16ClN5O2/c1-26-14-7-5-11(6-8-14)10-21-17-15(16(20)25)18(24-23-17)22-13-4-2-3-12(19)9-13/h2-10H,1H3,(H2,20,25)(H2,22,23,24)/b21-10+. The van der Waals surface area contributed by atoms with Gasteiger partial charge in [0.05, 0.1) is 7.11 Å². The second-order valence-corrected chi connectivity index (χ2v) is 5.76. The molecule has 1 heterocycles. The Kier molecular flexibility index (Phi) is 5.19. The average Bonchev–Trinajstić information content (AvgIpc) is 3.03. The average molecular weight is 370 g/mol. The van der Waals surface area contributed by atoms with E-state index in [1.807, 2.05) is 24.3 Å². The number of H-pyrrole nitrogens is 1. The molecule has 0 fully saturated rings. The van der Waals surface area contributed by atoms with E-state index in [1.54, 1.807) is 37.6 Å². The largest absolute Gasteiger partial charge is 0.497 e. The molecule has 0 spiro atoms. The Balaban J connectivity index is 1.86. The van der Waals surface area contributed by atoms with Crippen molar-refractivity contribution in [2.24, 2.45) is 10.7 Å². The number of hydrogen-bond acceptors (Lipinski definition) is 5. The van der Waals surface area contributed by atoms with Gasteiger partial charge in [-0.1, -0.05) is 17.7 Å². The highest BCUT2D eigenvalue weighted by Crippen LogP contribution is 2.27. The van der Waals surface area contributed by atoms with E-state index < -0.39 is 5.91 Å². The lowest BCUT2D eigenvalue weighted by Crippen LogP contribution is -2.12. The minimum Gasteiger partial charge on any atom is -0.497 e. The second kappa shape index (κ2) is 7.71. The minimum atomic E-state index is -0.648. The zero-order valence-corrected chi connectivity index (χ0v) is 14.6. The molecular formula is C18H16ClN5O2. The topological polar surface area (TPSA) is 105 Å². The Morgan fingerprint density at radius 1 is 1.31 bits per heavy atom. The number of carbonyl (C=O) groups excluding carboxylic acids is 1. The number of aromatic amines is 1. The molecule has 3 aromatic rings.